The van der Waals surface area contributed by atoms with Crippen LogP contribution in [0.25, 0.3) is 10.9 Å². The molecular formula is C25H35N5O5. The number of carbonyl (C=O) groups is 4. The van der Waals surface area contributed by atoms with Gasteiger partial charge in [-0.15, -0.1) is 0 Å². The van der Waals surface area contributed by atoms with Gasteiger partial charge in [-0.25, -0.2) is 4.79 Å². The molecule has 1 aromatic carbocycles. The molecule has 3 rings (SSSR count). The summed E-state index contributed by atoms with van der Waals surface area (Å²) < 4.78 is 0. The number of aliphatic carboxylic acids is 1. The molecule has 6 N–H and O–H groups in total. The number of hydrogen-bond donors (Lipinski definition) is 5. The molecule has 190 valence electrons. The summed E-state index contributed by atoms with van der Waals surface area (Å²) in [5.74, 6) is -2.43. The molecule has 0 radical (unpaired) electrons. The van der Waals surface area contributed by atoms with Crippen molar-refractivity contribution in [1.82, 2.24) is 20.5 Å². The molecule has 4 unspecified atom stereocenters. The van der Waals surface area contributed by atoms with Crippen molar-refractivity contribution in [2.75, 3.05) is 6.54 Å². The molecule has 4 atom stereocenters. The molecule has 35 heavy (non-hydrogen) atoms. The average Bonchev–Trinajstić information content (AvgIpc) is 3.44. The van der Waals surface area contributed by atoms with Crippen molar-refractivity contribution in [3.05, 3.63) is 36.0 Å². The smallest absolute Gasteiger partial charge is 0.326 e. The van der Waals surface area contributed by atoms with Crippen molar-refractivity contribution in [1.29, 1.82) is 0 Å². The van der Waals surface area contributed by atoms with Crippen LogP contribution >= 0.6 is 0 Å². The fraction of sp³-hybridized carbons (Fsp3) is 0.520. The topological polar surface area (TPSA) is 158 Å². The zero-order chi connectivity index (χ0) is 25.7. The molecule has 1 aliphatic heterocycles. The van der Waals surface area contributed by atoms with Crippen LogP contribution < -0.4 is 16.4 Å². The van der Waals surface area contributed by atoms with Crippen LogP contribution in [0.5, 0.6) is 0 Å². The number of hydrogen-bond acceptors (Lipinski definition) is 5. The highest BCUT2D eigenvalue weighted by atomic mass is 16.4. The van der Waals surface area contributed by atoms with Crippen LogP contribution in [-0.4, -0.2) is 69.4 Å². The predicted octanol–water partition coefficient (Wildman–Crippen LogP) is 1.15. The lowest BCUT2D eigenvalue weighted by Crippen LogP contribution is -2.57. The molecule has 0 bridgehead atoms. The summed E-state index contributed by atoms with van der Waals surface area (Å²) in [5.41, 5.74) is 7.45. The molecule has 1 aromatic heterocycles. The van der Waals surface area contributed by atoms with E-state index in [1.165, 1.54) is 4.90 Å². The lowest BCUT2D eigenvalue weighted by molar-refractivity contribution is -0.143. The van der Waals surface area contributed by atoms with Gasteiger partial charge in [0.1, 0.15) is 18.1 Å². The number of aromatic nitrogens is 1. The molecule has 1 fully saturated rings. The maximum absolute atomic E-state index is 13.3. The molecule has 1 saturated heterocycles. The van der Waals surface area contributed by atoms with E-state index in [4.69, 9.17) is 5.73 Å². The van der Waals surface area contributed by atoms with Gasteiger partial charge in [-0.3, -0.25) is 14.4 Å². The normalized spacial score (nSPS) is 18.3. The van der Waals surface area contributed by atoms with Crippen LogP contribution in [-0.2, 0) is 25.6 Å². The first-order valence-corrected chi connectivity index (χ1v) is 12.0. The van der Waals surface area contributed by atoms with E-state index >= 15 is 0 Å². The summed E-state index contributed by atoms with van der Waals surface area (Å²) >= 11 is 0. The number of nitrogens with one attached hydrogen (secondary N) is 3. The summed E-state index contributed by atoms with van der Waals surface area (Å²) in [4.78, 5) is 55.3. The molecule has 10 nitrogen and oxygen atoms in total. The number of fused-ring (bicyclic) bond motifs is 1. The Hall–Kier alpha value is -3.40. The maximum Gasteiger partial charge on any atom is 0.326 e. The van der Waals surface area contributed by atoms with Crippen molar-refractivity contribution in [3.8, 4) is 0 Å². The van der Waals surface area contributed by atoms with E-state index in [9.17, 15) is 24.3 Å². The largest absolute Gasteiger partial charge is 0.480 e. The monoisotopic (exact) mass is 485 g/mol. The number of likely N-dealkylation sites (tertiary alicyclic amines) is 1. The van der Waals surface area contributed by atoms with Crippen molar-refractivity contribution in [3.63, 3.8) is 0 Å². The molecule has 2 heterocycles. The quantitative estimate of drug-likeness (QED) is 0.340. The average molecular weight is 486 g/mol. The van der Waals surface area contributed by atoms with Gasteiger partial charge < -0.3 is 31.4 Å². The molecule has 10 heteroatoms. The van der Waals surface area contributed by atoms with E-state index in [1.807, 2.05) is 38.1 Å². The summed E-state index contributed by atoms with van der Waals surface area (Å²) in [7, 11) is 0. The Labute approximate surface area is 204 Å². The van der Waals surface area contributed by atoms with Crippen molar-refractivity contribution >= 4 is 34.6 Å². The number of amides is 3. The fourth-order valence-corrected chi connectivity index (χ4v) is 4.53. The Morgan fingerprint density at radius 1 is 1.14 bits per heavy atom. The first-order chi connectivity index (χ1) is 16.6. The number of para-hydroxylation sites is 1. The van der Waals surface area contributed by atoms with Gasteiger partial charge in [0.2, 0.25) is 17.7 Å². The molecule has 2 aromatic rings. The third-order valence-electron chi connectivity index (χ3n) is 6.28. The summed E-state index contributed by atoms with van der Waals surface area (Å²) in [5, 5.41) is 15.9. The Bertz CT molecular complexity index is 1080. The van der Waals surface area contributed by atoms with Gasteiger partial charge in [-0.1, -0.05) is 32.0 Å². The number of carboxylic acids is 1. The SMILES string of the molecule is CC(C)CC(NC(=O)C(Cc1c[nH]c2ccccc12)NC(=O)C1CCCN1C(=O)C(C)N)C(=O)O. The molecule has 0 spiro atoms. The molecule has 0 aliphatic carbocycles. The predicted molar refractivity (Wildman–Crippen MR) is 131 cm³/mol. The van der Waals surface area contributed by atoms with Gasteiger partial charge in [-0.05, 0) is 43.7 Å². The second-order valence-corrected chi connectivity index (χ2v) is 9.63. The van der Waals surface area contributed by atoms with Crippen LogP contribution in [0.15, 0.2) is 30.5 Å². The van der Waals surface area contributed by atoms with Crippen LogP contribution in [0.2, 0.25) is 0 Å². The highest BCUT2D eigenvalue weighted by Crippen LogP contribution is 2.21. The number of H-pyrrole nitrogens is 1. The van der Waals surface area contributed by atoms with Crippen molar-refractivity contribution in [2.24, 2.45) is 11.7 Å². The minimum absolute atomic E-state index is 0.0503. The Morgan fingerprint density at radius 2 is 1.86 bits per heavy atom. The first-order valence-electron chi connectivity index (χ1n) is 12.0. The summed E-state index contributed by atoms with van der Waals surface area (Å²) in [6.07, 6.45) is 3.32. The van der Waals surface area contributed by atoms with Crippen LogP contribution in [0.1, 0.15) is 45.6 Å². The number of nitrogens with two attached hydrogens (primary N) is 1. The molecular weight excluding hydrogens is 450 g/mol. The van der Waals surface area contributed by atoms with Gasteiger partial charge in [0.25, 0.3) is 0 Å². The summed E-state index contributed by atoms with van der Waals surface area (Å²) in [6.45, 7) is 5.74. The Morgan fingerprint density at radius 3 is 2.51 bits per heavy atom. The van der Waals surface area contributed by atoms with E-state index in [0.29, 0.717) is 19.4 Å². The minimum Gasteiger partial charge on any atom is -0.480 e. The molecule has 1 aliphatic rings. The fourth-order valence-electron chi connectivity index (χ4n) is 4.53. The second-order valence-electron chi connectivity index (χ2n) is 9.63. The highest BCUT2D eigenvalue weighted by molar-refractivity contribution is 5.95. The van der Waals surface area contributed by atoms with E-state index in [-0.39, 0.29) is 24.7 Å². The zero-order valence-electron chi connectivity index (χ0n) is 20.4. The van der Waals surface area contributed by atoms with Crippen molar-refractivity contribution < 1.29 is 24.3 Å². The van der Waals surface area contributed by atoms with Gasteiger partial charge in [0.15, 0.2) is 0 Å². The number of benzene rings is 1. The number of carbonyl (C=O) groups excluding carboxylic acids is 3. The first kappa shape index (κ1) is 26.2. The summed E-state index contributed by atoms with van der Waals surface area (Å²) in [6, 6.07) is 4.03. The van der Waals surface area contributed by atoms with Crippen LogP contribution in [0.4, 0.5) is 0 Å². The zero-order valence-corrected chi connectivity index (χ0v) is 20.4. The van der Waals surface area contributed by atoms with E-state index in [1.54, 1.807) is 13.1 Å². The lowest BCUT2D eigenvalue weighted by atomic mass is 10.0. The standard InChI is InChI=1S/C25H35N5O5/c1-14(2)11-20(25(34)35)29-22(31)19(12-16-13-27-18-8-5-4-7-17(16)18)28-23(32)21-9-6-10-30(21)24(33)15(3)26/h4-5,7-8,13-15,19-21,27H,6,9-12,26H2,1-3H3,(H,28,32)(H,29,31)(H,34,35). The third kappa shape index (κ3) is 6.39. The van der Waals surface area contributed by atoms with E-state index in [0.717, 1.165) is 16.5 Å². The lowest BCUT2D eigenvalue weighted by Gasteiger charge is -2.28. The highest BCUT2D eigenvalue weighted by Gasteiger charge is 2.37. The number of carboxylic acid groups (broad SMARTS) is 1. The van der Waals surface area contributed by atoms with E-state index < -0.39 is 42.0 Å². The van der Waals surface area contributed by atoms with Crippen molar-refractivity contribution in [2.45, 2.75) is 70.6 Å². The number of nitrogens with zero attached hydrogens (tertiary/aromatic N) is 1. The molecule has 0 saturated carbocycles. The van der Waals surface area contributed by atoms with Crippen LogP contribution in [0.3, 0.4) is 0 Å². The van der Waals surface area contributed by atoms with Gasteiger partial charge in [-0.2, -0.15) is 0 Å². The third-order valence-corrected chi connectivity index (χ3v) is 6.28. The van der Waals surface area contributed by atoms with Crippen LogP contribution in [0, 0.1) is 5.92 Å². The Kier molecular flexibility index (Phi) is 8.50. The van der Waals surface area contributed by atoms with Gasteiger partial charge in [0, 0.05) is 30.1 Å². The molecule has 3 amide bonds. The minimum atomic E-state index is -1.13. The van der Waals surface area contributed by atoms with Gasteiger partial charge >= 0.3 is 5.97 Å². The van der Waals surface area contributed by atoms with Gasteiger partial charge in [0.05, 0.1) is 6.04 Å². The number of aromatic amines is 1. The second kappa shape index (κ2) is 11.4. The Balaban J connectivity index is 1.84. The van der Waals surface area contributed by atoms with E-state index in [2.05, 4.69) is 15.6 Å². The maximum atomic E-state index is 13.3. The number of rotatable bonds is 10.